The van der Waals surface area contributed by atoms with Crippen molar-refractivity contribution in [3.63, 3.8) is 0 Å². The van der Waals surface area contributed by atoms with Crippen LogP contribution in [-0.4, -0.2) is 35.8 Å². The third-order valence-electron chi connectivity index (χ3n) is 4.21. The van der Waals surface area contributed by atoms with Crippen molar-refractivity contribution in [1.29, 1.82) is 0 Å². The van der Waals surface area contributed by atoms with Gasteiger partial charge in [-0.3, -0.25) is 4.79 Å². The first-order valence-electron chi connectivity index (χ1n) is 8.41. The Hall–Kier alpha value is -3.46. The fraction of sp³-hybridized carbons (Fsp3) is 0.105. The summed E-state index contributed by atoms with van der Waals surface area (Å²) >= 11 is 6.10. The highest BCUT2D eigenvalue weighted by atomic mass is 35.5. The van der Waals surface area contributed by atoms with E-state index in [9.17, 15) is 13.6 Å². The van der Waals surface area contributed by atoms with E-state index >= 15 is 0 Å². The Bertz CT molecular complexity index is 1240. The topological polar surface area (TPSA) is 93.8 Å². The third-order valence-corrected chi connectivity index (χ3v) is 4.53. The number of hydrogen-bond donors (Lipinski definition) is 1. The van der Waals surface area contributed by atoms with Gasteiger partial charge in [0.05, 0.1) is 18.4 Å². The predicted octanol–water partition coefficient (Wildman–Crippen LogP) is 3.50. The molecule has 0 spiro atoms. The average molecular weight is 416 g/mol. The second-order valence-corrected chi connectivity index (χ2v) is 6.55. The number of nitrogens with zero attached hydrogens (tertiary/aromatic N) is 5. The summed E-state index contributed by atoms with van der Waals surface area (Å²) in [7, 11) is 0. The van der Waals surface area contributed by atoms with Crippen molar-refractivity contribution in [2.75, 3.05) is 0 Å². The van der Waals surface area contributed by atoms with E-state index in [2.05, 4.69) is 20.1 Å². The Morgan fingerprint density at radius 2 is 2.00 bits per heavy atom. The zero-order valence-electron chi connectivity index (χ0n) is 14.7. The summed E-state index contributed by atoms with van der Waals surface area (Å²) in [5.74, 6) is -2.23. The van der Waals surface area contributed by atoms with Gasteiger partial charge in [-0.05, 0) is 18.2 Å². The summed E-state index contributed by atoms with van der Waals surface area (Å²) in [6.45, 7) is 0.0183. The Kier molecular flexibility index (Phi) is 4.89. The Labute approximate surface area is 167 Å². The van der Waals surface area contributed by atoms with Gasteiger partial charge in [-0.1, -0.05) is 17.7 Å². The standard InChI is InChI=1S/C19H12ClF2N5O2/c20-17-11(6-15(28)29)8-24-18(25-17)16-13-2-1-5-23-19(13)27(26-16)9-10-3-4-12(21)7-14(10)22/h1-5,7-8H,6,9H2,(H,28,29). The summed E-state index contributed by atoms with van der Waals surface area (Å²) < 4.78 is 28.7. The minimum atomic E-state index is -1.05. The molecule has 0 aliphatic rings. The highest BCUT2D eigenvalue weighted by Gasteiger charge is 2.18. The summed E-state index contributed by atoms with van der Waals surface area (Å²) in [4.78, 5) is 23.5. The molecule has 10 heteroatoms. The zero-order chi connectivity index (χ0) is 20.5. The first-order valence-corrected chi connectivity index (χ1v) is 8.79. The number of halogens is 3. The molecule has 0 radical (unpaired) electrons. The molecule has 0 amide bonds. The quantitative estimate of drug-likeness (QED) is 0.501. The lowest BCUT2D eigenvalue weighted by atomic mass is 10.2. The van der Waals surface area contributed by atoms with Gasteiger partial charge in [0, 0.05) is 29.6 Å². The number of hydrogen-bond acceptors (Lipinski definition) is 5. The van der Waals surface area contributed by atoms with Crippen molar-refractivity contribution in [1.82, 2.24) is 24.7 Å². The smallest absolute Gasteiger partial charge is 0.307 e. The highest BCUT2D eigenvalue weighted by molar-refractivity contribution is 6.30. The molecule has 0 fully saturated rings. The van der Waals surface area contributed by atoms with E-state index in [4.69, 9.17) is 16.7 Å². The first-order chi connectivity index (χ1) is 13.9. The van der Waals surface area contributed by atoms with Crippen LogP contribution < -0.4 is 0 Å². The van der Waals surface area contributed by atoms with Crippen molar-refractivity contribution < 1.29 is 18.7 Å². The van der Waals surface area contributed by atoms with Gasteiger partial charge in [-0.2, -0.15) is 5.10 Å². The molecule has 4 rings (SSSR count). The molecule has 0 unspecified atom stereocenters. The molecule has 0 aliphatic carbocycles. The minimum absolute atomic E-state index is 0.00793. The van der Waals surface area contributed by atoms with Crippen molar-refractivity contribution in [2.24, 2.45) is 0 Å². The molecule has 3 heterocycles. The van der Waals surface area contributed by atoms with Gasteiger partial charge in [0.25, 0.3) is 0 Å². The number of fused-ring (bicyclic) bond motifs is 1. The van der Waals surface area contributed by atoms with Crippen LogP contribution in [0, 0.1) is 11.6 Å². The largest absolute Gasteiger partial charge is 0.481 e. The van der Waals surface area contributed by atoms with Crippen LogP contribution in [0.15, 0.2) is 42.7 Å². The van der Waals surface area contributed by atoms with Crippen LogP contribution >= 0.6 is 11.6 Å². The van der Waals surface area contributed by atoms with E-state index in [0.717, 1.165) is 6.07 Å². The zero-order valence-corrected chi connectivity index (χ0v) is 15.4. The average Bonchev–Trinajstić information content (AvgIpc) is 3.04. The number of pyridine rings is 1. The second-order valence-electron chi connectivity index (χ2n) is 6.20. The van der Waals surface area contributed by atoms with E-state index in [0.29, 0.717) is 16.7 Å². The maximum atomic E-state index is 14.1. The Morgan fingerprint density at radius 1 is 1.17 bits per heavy atom. The van der Waals surface area contributed by atoms with Crippen LogP contribution in [0.1, 0.15) is 11.1 Å². The lowest BCUT2D eigenvalue weighted by molar-refractivity contribution is -0.136. The van der Waals surface area contributed by atoms with E-state index in [1.807, 2.05) is 0 Å². The summed E-state index contributed by atoms with van der Waals surface area (Å²) in [6, 6.07) is 6.78. The van der Waals surface area contributed by atoms with Crippen LogP contribution in [0.2, 0.25) is 5.15 Å². The van der Waals surface area contributed by atoms with Crippen LogP contribution in [0.5, 0.6) is 0 Å². The lowest BCUT2D eigenvalue weighted by Gasteiger charge is -2.05. The first kappa shape index (κ1) is 18.9. The summed E-state index contributed by atoms with van der Waals surface area (Å²) in [5, 5.41) is 14.0. The van der Waals surface area contributed by atoms with Gasteiger partial charge in [-0.25, -0.2) is 28.4 Å². The van der Waals surface area contributed by atoms with Crippen LogP contribution in [0.25, 0.3) is 22.6 Å². The molecule has 7 nitrogen and oxygen atoms in total. The number of rotatable bonds is 5. The molecule has 1 aromatic carbocycles. The molecule has 0 saturated heterocycles. The molecule has 3 aromatic heterocycles. The monoisotopic (exact) mass is 415 g/mol. The molecule has 4 aromatic rings. The van der Waals surface area contributed by atoms with E-state index < -0.39 is 17.6 Å². The number of aromatic nitrogens is 5. The molecule has 0 aliphatic heterocycles. The fourth-order valence-electron chi connectivity index (χ4n) is 2.88. The third kappa shape index (κ3) is 3.77. The SMILES string of the molecule is O=C(O)Cc1cnc(-c2nn(Cc3ccc(F)cc3F)c3ncccc23)nc1Cl. The predicted molar refractivity (Wildman–Crippen MR) is 100 cm³/mol. The van der Waals surface area contributed by atoms with Gasteiger partial charge in [0.1, 0.15) is 22.5 Å². The van der Waals surface area contributed by atoms with Gasteiger partial charge in [0.15, 0.2) is 11.5 Å². The molecule has 146 valence electrons. The molecule has 0 atom stereocenters. The van der Waals surface area contributed by atoms with Gasteiger partial charge in [-0.15, -0.1) is 0 Å². The van der Waals surface area contributed by atoms with Crippen LogP contribution in [-0.2, 0) is 17.8 Å². The molecular formula is C19H12ClF2N5O2. The summed E-state index contributed by atoms with van der Waals surface area (Å²) in [5.41, 5.74) is 1.34. The van der Waals surface area contributed by atoms with Gasteiger partial charge < -0.3 is 5.11 Å². The van der Waals surface area contributed by atoms with Crippen molar-refractivity contribution >= 4 is 28.6 Å². The fourth-order valence-corrected chi connectivity index (χ4v) is 3.07. The molecular weight excluding hydrogens is 404 g/mol. The number of benzene rings is 1. The normalized spacial score (nSPS) is 11.1. The maximum absolute atomic E-state index is 14.1. The minimum Gasteiger partial charge on any atom is -0.481 e. The van der Waals surface area contributed by atoms with Gasteiger partial charge >= 0.3 is 5.97 Å². The lowest BCUT2D eigenvalue weighted by Crippen LogP contribution is -2.06. The van der Waals surface area contributed by atoms with Gasteiger partial charge in [0.2, 0.25) is 0 Å². The molecule has 0 bridgehead atoms. The van der Waals surface area contributed by atoms with Crippen molar-refractivity contribution in [3.05, 3.63) is 70.6 Å². The number of carboxylic acids is 1. The van der Waals surface area contributed by atoms with Crippen molar-refractivity contribution in [3.8, 4) is 11.5 Å². The Balaban J connectivity index is 1.78. The van der Waals surface area contributed by atoms with E-state index in [1.54, 1.807) is 18.3 Å². The highest BCUT2D eigenvalue weighted by Crippen LogP contribution is 2.27. The Morgan fingerprint density at radius 3 is 2.72 bits per heavy atom. The second kappa shape index (κ2) is 7.51. The molecule has 1 N–H and O–H groups in total. The molecule has 0 saturated carbocycles. The number of carbonyl (C=O) groups is 1. The van der Waals surface area contributed by atoms with E-state index in [-0.39, 0.29) is 35.1 Å². The van der Waals surface area contributed by atoms with Crippen LogP contribution in [0.4, 0.5) is 8.78 Å². The summed E-state index contributed by atoms with van der Waals surface area (Å²) in [6.07, 6.45) is 2.59. The number of aliphatic carboxylic acids is 1. The molecule has 29 heavy (non-hydrogen) atoms. The maximum Gasteiger partial charge on any atom is 0.307 e. The van der Waals surface area contributed by atoms with Crippen LogP contribution in [0.3, 0.4) is 0 Å². The van der Waals surface area contributed by atoms with E-state index in [1.165, 1.54) is 23.0 Å². The van der Waals surface area contributed by atoms with Crippen molar-refractivity contribution in [2.45, 2.75) is 13.0 Å². The number of carboxylic acid groups (broad SMARTS) is 1.